The Morgan fingerprint density at radius 1 is 1.00 bits per heavy atom. The van der Waals surface area contributed by atoms with E-state index in [1.165, 1.54) is 18.2 Å². The van der Waals surface area contributed by atoms with Crippen molar-refractivity contribution >= 4 is 61.7 Å². The Bertz CT molecular complexity index is 2020. The van der Waals surface area contributed by atoms with Crippen molar-refractivity contribution in [2.75, 3.05) is 56.6 Å². The molecule has 2 amide bonds. The Labute approximate surface area is 305 Å². The fraction of sp³-hybridized carbons (Fsp3) is 0.486. The van der Waals surface area contributed by atoms with Crippen molar-refractivity contribution in [3.8, 4) is 17.1 Å². The molecule has 1 atom stereocenters. The van der Waals surface area contributed by atoms with Crippen LogP contribution >= 0.6 is 11.3 Å². The highest BCUT2D eigenvalue weighted by Gasteiger charge is 2.30. The van der Waals surface area contributed by atoms with Gasteiger partial charge in [-0.2, -0.15) is 9.97 Å². The number of ether oxygens (including phenoxy) is 3. The van der Waals surface area contributed by atoms with E-state index in [-0.39, 0.29) is 38.5 Å². The number of hydrogen-bond donors (Lipinski definition) is 1. The summed E-state index contributed by atoms with van der Waals surface area (Å²) in [5.74, 6) is -0.801. The number of fused-ring (bicyclic) bond motifs is 2. The Balaban J connectivity index is 1.42. The van der Waals surface area contributed by atoms with Gasteiger partial charge in [0, 0.05) is 48.7 Å². The van der Waals surface area contributed by atoms with E-state index in [2.05, 4.69) is 26.8 Å². The molecule has 12 nitrogen and oxygen atoms in total. The van der Waals surface area contributed by atoms with Gasteiger partial charge < -0.3 is 28.9 Å². The number of nitrogens with zero attached hydrogens (tertiary/aromatic N) is 6. The Hall–Kier alpha value is -4.63. The fourth-order valence-electron chi connectivity index (χ4n) is 6.36. The van der Waals surface area contributed by atoms with E-state index in [9.17, 15) is 9.59 Å². The summed E-state index contributed by atoms with van der Waals surface area (Å²) in [6, 6.07) is 4.65. The zero-order chi connectivity index (χ0) is 37.5. The van der Waals surface area contributed by atoms with Crippen LogP contribution in [0.5, 0.6) is 6.01 Å². The predicted molar refractivity (Wildman–Crippen MR) is 199 cm³/mol. The number of amides is 2. The maximum absolute atomic E-state index is 17.2. The molecule has 4 aromatic rings. The first kappa shape index (κ1) is 37.1. The highest BCUT2D eigenvalue weighted by atomic mass is 32.1. The lowest BCUT2D eigenvalue weighted by atomic mass is 9.95. The number of carbonyl (C=O) groups excluding carboxylic acids is 2. The number of nitrogens with one attached hydrogen (secondary N) is 1. The number of halogens is 2. The van der Waals surface area contributed by atoms with Gasteiger partial charge in [-0.3, -0.25) is 5.32 Å². The van der Waals surface area contributed by atoms with Crippen molar-refractivity contribution in [2.45, 2.75) is 71.6 Å². The number of likely N-dealkylation sites (tertiary alicyclic amines) is 1. The van der Waals surface area contributed by atoms with Crippen molar-refractivity contribution in [3.63, 3.8) is 0 Å². The van der Waals surface area contributed by atoms with Crippen LogP contribution in [0, 0.1) is 11.6 Å². The molecule has 6 rings (SSSR count). The molecule has 4 heterocycles. The molecule has 15 heteroatoms. The van der Waals surface area contributed by atoms with Crippen LogP contribution in [0.25, 0.3) is 38.3 Å². The summed E-state index contributed by atoms with van der Waals surface area (Å²) in [7, 11) is 2.04. The van der Waals surface area contributed by atoms with E-state index in [0.717, 1.165) is 30.7 Å². The first-order valence-corrected chi connectivity index (χ1v) is 18.1. The molecule has 1 unspecified atom stereocenters. The van der Waals surface area contributed by atoms with Crippen molar-refractivity contribution in [1.82, 2.24) is 24.8 Å². The monoisotopic (exact) mass is 737 g/mol. The van der Waals surface area contributed by atoms with Crippen molar-refractivity contribution in [1.29, 1.82) is 0 Å². The number of anilines is 2. The molecule has 1 N–H and O–H groups in total. The van der Waals surface area contributed by atoms with Gasteiger partial charge in [0.1, 0.15) is 35.0 Å². The molecule has 2 fully saturated rings. The third-order valence-electron chi connectivity index (χ3n) is 8.82. The van der Waals surface area contributed by atoms with Crippen molar-refractivity contribution in [3.05, 3.63) is 42.0 Å². The number of hydrogen-bond acceptors (Lipinski definition) is 11. The van der Waals surface area contributed by atoms with E-state index in [4.69, 9.17) is 19.2 Å². The maximum atomic E-state index is 17.2. The number of aromatic nitrogens is 3. The Morgan fingerprint density at radius 3 is 2.35 bits per heavy atom. The van der Waals surface area contributed by atoms with Gasteiger partial charge in [0.25, 0.3) is 0 Å². The molecule has 2 saturated heterocycles. The summed E-state index contributed by atoms with van der Waals surface area (Å²) in [5.41, 5.74) is -0.404. The molecule has 2 aliphatic rings. The number of carbonyl (C=O) groups is 2. The van der Waals surface area contributed by atoms with Crippen LogP contribution in [0.4, 0.5) is 29.3 Å². The quantitative estimate of drug-likeness (QED) is 0.202. The van der Waals surface area contributed by atoms with Gasteiger partial charge in [-0.15, -0.1) is 0 Å². The third-order valence-corrected chi connectivity index (χ3v) is 9.80. The molecule has 0 bridgehead atoms. The highest BCUT2D eigenvalue weighted by Crippen LogP contribution is 2.42. The molecule has 2 aliphatic heterocycles. The maximum Gasteiger partial charge on any atom is 0.413 e. The molecule has 0 radical (unpaired) electrons. The molecule has 52 heavy (non-hydrogen) atoms. The van der Waals surface area contributed by atoms with Gasteiger partial charge in [0.2, 0.25) is 0 Å². The molecule has 0 spiro atoms. The zero-order valence-electron chi connectivity index (χ0n) is 30.6. The second-order valence-corrected chi connectivity index (χ2v) is 16.0. The molecular formula is C37H45F2N7O5S. The number of thiazole rings is 1. The van der Waals surface area contributed by atoms with Gasteiger partial charge in [-0.1, -0.05) is 24.0 Å². The third kappa shape index (κ3) is 8.04. The lowest BCUT2D eigenvalue weighted by Crippen LogP contribution is -2.50. The van der Waals surface area contributed by atoms with Gasteiger partial charge in [-0.05, 0) is 91.7 Å². The number of benzene rings is 2. The molecule has 0 aliphatic carbocycles. The molecule has 278 valence electrons. The molecule has 2 aromatic heterocycles. The second kappa shape index (κ2) is 14.4. The van der Waals surface area contributed by atoms with Crippen LogP contribution in [0.15, 0.2) is 24.8 Å². The summed E-state index contributed by atoms with van der Waals surface area (Å²) < 4.78 is 49.6. The Kier molecular flexibility index (Phi) is 10.3. The highest BCUT2D eigenvalue weighted by molar-refractivity contribution is 7.22. The summed E-state index contributed by atoms with van der Waals surface area (Å²) in [6.45, 7) is 17.5. The largest absolute Gasteiger partial charge is 0.462 e. The van der Waals surface area contributed by atoms with Gasteiger partial charge >= 0.3 is 18.2 Å². The lowest BCUT2D eigenvalue weighted by Gasteiger charge is -2.36. The number of piperazine rings is 1. The first-order chi connectivity index (χ1) is 24.5. The topological polar surface area (TPSA) is 122 Å². The standard InChI is InChI=1S/C37H45F2N7O5S/c1-9-21-19-24-28(27(39)26(21)23-12-13-25(38)30-29(23)41-33(52-30)43-34(47)50-36(2,3)4)40-32(49-20-22-11-10-14-44(22)8)42-31(24)45-15-17-46(18-16-45)35(48)51-37(5,6)7/h9,12-13,19,22H,1,10-11,14-18,20H2,2-8H3,(H,41,43,47). The van der Waals surface area contributed by atoms with E-state index in [1.54, 1.807) is 31.7 Å². The average molecular weight is 738 g/mol. The number of rotatable bonds is 7. The van der Waals surface area contributed by atoms with Crippen LogP contribution in [0.2, 0.25) is 0 Å². The smallest absolute Gasteiger partial charge is 0.413 e. The minimum absolute atomic E-state index is 0.00903. The molecule has 2 aromatic carbocycles. The minimum atomic E-state index is -0.758. The zero-order valence-corrected chi connectivity index (χ0v) is 31.5. The average Bonchev–Trinajstić information content (AvgIpc) is 3.68. The van der Waals surface area contributed by atoms with E-state index in [1.807, 2.05) is 32.7 Å². The van der Waals surface area contributed by atoms with Crippen LogP contribution < -0.4 is 15.0 Å². The summed E-state index contributed by atoms with van der Waals surface area (Å²) in [6.07, 6.45) is 2.39. The summed E-state index contributed by atoms with van der Waals surface area (Å²) in [5, 5.41) is 3.09. The summed E-state index contributed by atoms with van der Waals surface area (Å²) >= 11 is 0.918. The Morgan fingerprint density at radius 2 is 1.71 bits per heavy atom. The normalized spacial score (nSPS) is 17.1. The van der Waals surface area contributed by atoms with Gasteiger partial charge in [-0.25, -0.2) is 23.4 Å². The second-order valence-electron chi connectivity index (χ2n) is 15.0. The summed E-state index contributed by atoms with van der Waals surface area (Å²) in [4.78, 5) is 45.1. The van der Waals surface area contributed by atoms with Crippen LogP contribution in [0.3, 0.4) is 0 Å². The van der Waals surface area contributed by atoms with Crippen molar-refractivity contribution < 1.29 is 32.6 Å². The molecular weight excluding hydrogens is 693 g/mol. The van der Waals surface area contributed by atoms with Gasteiger partial charge in [0.15, 0.2) is 10.9 Å². The van der Waals surface area contributed by atoms with Gasteiger partial charge in [0.05, 0.1) is 10.2 Å². The van der Waals surface area contributed by atoms with Crippen LogP contribution in [0.1, 0.15) is 59.9 Å². The number of likely N-dealkylation sites (N-methyl/N-ethyl adjacent to an activating group) is 1. The van der Waals surface area contributed by atoms with Crippen molar-refractivity contribution in [2.24, 2.45) is 0 Å². The lowest BCUT2D eigenvalue weighted by molar-refractivity contribution is 0.0240. The van der Waals surface area contributed by atoms with Crippen LogP contribution in [-0.2, 0) is 9.47 Å². The minimum Gasteiger partial charge on any atom is -0.462 e. The fourth-order valence-corrected chi connectivity index (χ4v) is 7.24. The van der Waals surface area contributed by atoms with E-state index in [0.29, 0.717) is 55.1 Å². The molecule has 0 saturated carbocycles. The predicted octanol–water partition coefficient (Wildman–Crippen LogP) is 7.70. The first-order valence-electron chi connectivity index (χ1n) is 17.3. The van der Waals surface area contributed by atoms with E-state index < -0.39 is 35.0 Å². The van der Waals surface area contributed by atoms with E-state index >= 15 is 8.78 Å². The SMILES string of the molecule is C=Cc1cc2c(N3CCN(C(=O)OC(C)(C)C)CC3)nc(OCC3CCCN3C)nc2c(F)c1-c1ccc(F)c2sc(NC(=O)OC(C)(C)C)nc12. The van der Waals surface area contributed by atoms with Crippen LogP contribution in [-0.4, -0.2) is 101 Å².